The van der Waals surface area contributed by atoms with Gasteiger partial charge in [0.1, 0.15) is 0 Å². The van der Waals surface area contributed by atoms with Crippen molar-refractivity contribution in [1.29, 1.82) is 0 Å². The molecule has 0 fully saturated rings. The van der Waals surface area contributed by atoms with Gasteiger partial charge in [0.2, 0.25) is 11.9 Å². The lowest BCUT2D eigenvalue weighted by molar-refractivity contribution is 0.126. The number of rotatable bonds is 6. The number of anilines is 3. The summed E-state index contributed by atoms with van der Waals surface area (Å²) in [5.74, 6) is 0.748. The highest BCUT2D eigenvalue weighted by atomic mass is 35.5. The van der Waals surface area contributed by atoms with Crippen LogP contribution in [-0.2, 0) is 11.4 Å². The van der Waals surface area contributed by atoms with Crippen molar-refractivity contribution in [2.75, 3.05) is 11.1 Å². The minimum absolute atomic E-state index is 0.0178. The number of oxime groups is 1. The van der Waals surface area contributed by atoms with E-state index in [1.54, 1.807) is 18.2 Å². The Kier molecular flexibility index (Phi) is 6.05. The van der Waals surface area contributed by atoms with E-state index in [-0.39, 0.29) is 12.6 Å². The third kappa shape index (κ3) is 5.29. The van der Waals surface area contributed by atoms with E-state index in [1.165, 1.54) is 6.21 Å². The summed E-state index contributed by atoms with van der Waals surface area (Å²) in [6.07, 6.45) is 1.46. The Morgan fingerprint density at radius 2 is 1.89 bits per heavy atom. The van der Waals surface area contributed by atoms with E-state index >= 15 is 0 Å². The van der Waals surface area contributed by atoms with Gasteiger partial charge in [-0.05, 0) is 25.1 Å². The van der Waals surface area contributed by atoms with Crippen LogP contribution in [0.3, 0.4) is 0 Å². The summed E-state index contributed by atoms with van der Waals surface area (Å²) in [7, 11) is 0. The predicted octanol–water partition coefficient (Wildman–Crippen LogP) is 4.36. The Morgan fingerprint density at radius 1 is 1.11 bits per heavy atom. The van der Waals surface area contributed by atoms with Crippen molar-refractivity contribution in [2.24, 2.45) is 5.16 Å². The number of nitrogen functional groups attached to an aromatic ring is 1. The number of benzene rings is 2. The number of nitrogens with two attached hydrogens (primary N) is 1. The van der Waals surface area contributed by atoms with Gasteiger partial charge in [-0.1, -0.05) is 58.2 Å². The van der Waals surface area contributed by atoms with Crippen molar-refractivity contribution < 1.29 is 4.84 Å². The first-order chi connectivity index (χ1) is 13.0. The van der Waals surface area contributed by atoms with Crippen LogP contribution < -0.4 is 11.1 Å². The zero-order chi connectivity index (χ0) is 19.2. The largest absolute Gasteiger partial charge is 0.388 e. The third-order valence-corrected chi connectivity index (χ3v) is 4.28. The molecular formula is C18H16Cl2N6O. The number of nitrogens with one attached hydrogen (secondary N) is 1. The fourth-order valence-electron chi connectivity index (χ4n) is 2.13. The van der Waals surface area contributed by atoms with E-state index in [9.17, 15) is 0 Å². The molecule has 1 heterocycles. The normalized spacial score (nSPS) is 10.9. The molecular weight excluding hydrogens is 387 g/mol. The van der Waals surface area contributed by atoms with Crippen LogP contribution >= 0.6 is 23.2 Å². The van der Waals surface area contributed by atoms with Crippen molar-refractivity contribution in [1.82, 2.24) is 15.0 Å². The third-order valence-electron chi connectivity index (χ3n) is 3.45. The maximum atomic E-state index is 6.08. The van der Waals surface area contributed by atoms with Crippen LogP contribution in [0, 0.1) is 6.92 Å². The van der Waals surface area contributed by atoms with Gasteiger partial charge >= 0.3 is 0 Å². The first kappa shape index (κ1) is 18.9. The quantitative estimate of drug-likeness (QED) is 0.469. The average molecular weight is 403 g/mol. The van der Waals surface area contributed by atoms with E-state index in [2.05, 4.69) is 25.4 Å². The summed E-state index contributed by atoms with van der Waals surface area (Å²) in [6, 6.07) is 13.0. The number of aryl methyl sites for hydroxylation is 1. The molecule has 0 amide bonds. The van der Waals surface area contributed by atoms with Crippen molar-refractivity contribution in [3.05, 3.63) is 69.5 Å². The molecule has 0 spiro atoms. The number of hydrogen-bond acceptors (Lipinski definition) is 7. The second-order valence-electron chi connectivity index (χ2n) is 5.58. The van der Waals surface area contributed by atoms with E-state index in [4.69, 9.17) is 33.8 Å². The standard InChI is InChI=1S/C18H16Cl2N6O/c1-11-5-7-13(8-6-11)23-18-25-15(24-17(21)26-18)10-27-22-9-12-3-2-4-14(19)16(12)20/h2-9H,10H2,1H3,(H3,21,23,24,25,26)/b22-9-. The number of halogens is 2. The van der Waals surface area contributed by atoms with Crippen LogP contribution in [0.1, 0.15) is 17.0 Å². The zero-order valence-corrected chi connectivity index (χ0v) is 15.9. The van der Waals surface area contributed by atoms with Crippen molar-refractivity contribution in [3.8, 4) is 0 Å². The van der Waals surface area contributed by atoms with Gasteiger partial charge < -0.3 is 15.9 Å². The second-order valence-corrected chi connectivity index (χ2v) is 6.36. The molecule has 0 saturated carbocycles. The van der Waals surface area contributed by atoms with E-state index in [0.29, 0.717) is 27.4 Å². The number of aromatic nitrogens is 3. The van der Waals surface area contributed by atoms with Crippen LogP contribution in [0.25, 0.3) is 0 Å². The maximum absolute atomic E-state index is 6.08. The van der Waals surface area contributed by atoms with Crippen LogP contribution in [-0.4, -0.2) is 21.2 Å². The molecule has 2 aromatic carbocycles. The van der Waals surface area contributed by atoms with E-state index in [1.807, 2.05) is 31.2 Å². The van der Waals surface area contributed by atoms with Gasteiger partial charge in [0.25, 0.3) is 0 Å². The van der Waals surface area contributed by atoms with Crippen molar-refractivity contribution in [2.45, 2.75) is 13.5 Å². The first-order valence-electron chi connectivity index (χ1n) is 7.95. The van der Waals surface area contributed by atoms with Crippen molar-refractivity contribution >= 4 is 47.0 Å². The molecule has 1 aromatic heterocycles. The second kappa shape index (κ2) is 8.66. The lowest BCUT2D eigenvalue weighted by atomic mass is 10.2. The summed E-state index contributed by atoms with van der Waals surface area (Å²) in [5.41, 5.74) is 8.38. The summed E-state index contributed by atoms with van der Waals surface area (Å²) in [4.78, 5) is 17.6. The van der Waals surface area contributed by atoms with Gasteiger partial charge in [0, 0.05) is 11.3 Å². The molecule has 0 unspecified atom stereocenters. The highest BCUT2D eigenvalue weighted by Crippen LogP contribution is 2.24. The smallest absolute Gasteiger partial charge is 0.232 e. The lowest BCUT2D eigenvalue weighted by Crippen LogP contribution is -2.07. The van der Waals surface area contributed by atoms with Gasteiger partial charge in [-0.15, -0.1) is 0 Å². The summed E-state index contributed by atoms with van der Waals surface area (Å²) in [5, 5.41) is 7.78. The van der Waals surface area contributed by atoms with Gasteiger partial charge in [-0.25, -0.2) is 0 Å². The minimum atomic E-state index is 0.0178. The molecule has 0 bridgehead atoms. The Balaban J connectivity index is 1.65. The average Bonchev–Trinajstić information content (AvgIpc) is 2.63. The fourth-order valence-corrected chi connectivity index (χ4v) is 2.49. The summed E-state index contributed by atoms with van der Waals surface area (Å²) >= 11 is 12.0. The fraction of sp³-hybridized carbons (Fsp3) is 0.111. The van der Waals surface area contributed by atoms with Gasteiger partial charge in [0.05, 0.1) is 16.3 Å². The van der Waals surface area contributed by atoms with E-state index in [0.717, 1.165) is 11.3 Å². The van der Waals surface area contributed by atoms with Crippen LogP contribution in [0.15, 0.2) is 47.6 Å². The number of nitrogens with zero attached hydrogens (tertiary/aromatic N) is 4. The summed E-state index contributed by atoms with van der Waals surface area (Å²) < 4.78 is 0. The molecule has 0 aliphatic carbocycles. The Morgan fingerprint density at radius 3 is 2.67 bits per heavy atom. The molecule has 7 nitrogen and oxygen atoms in total. The molecule has 0 saturated heterocycles. The Hall–Kier alpha value is -2.90. The lowest BCUT2D eigenvalue weighted by Gasteiger charge is -2.07. The molecule has 9 heteroatoms. The molecule has 0 atom stereocenters. The minimum Gasteiger partial charge on any atom is -0.388 e. The highest BCUT2D eigenvalue weighted by molar-refractivity contribution is 6.43. The van der Waals surface area contributed by atoms with Gasteiger partial charge in [0.15, 0.2) is 12.4 Å². The summed E-state index contributed by atoms with van der Waals surface area (Å²) in [6.45, 7) is 2.03. The first-order valence-corrected chi connectivity index (χ1v) is 8.70. The zero-order valence-electron chi connectivity index (χ0n) is 14.4. The molecule has 3 N–H and O–H groups in total. The molecule has 27 heavy (non-hydrogen) atoms. The van der Waals surface area contributed by atoms with Crippen LogP contribution in [0.5, 0.6) is 0 Å². The SMILES string of the molecule is Cc1ccc(Nc2nc(N)nc(CO/N=C\c3cccc(Cl)c3Cl)n2)cc1. The van der Waals surface area contributed by atoms with Gasteiger partial charge in [-0.3, -0.25) is 0 Å². The topological polar surface area (TPSA) is 98.3 Å². The number of hydrogen-bond donors (Lipinski definition) is 2. The molecule has 0 radical (unpaired) electrons. The van der Waals surface area contributed by atoms with Gasteiger partial charge in [-0.2, -0.15) is 15.0 Å². The molecule has 3 aromatic rings. The van der Waals surface area contributed by atoms with E-state index < -0.39 is 0 Å². The highest BCUT2D eigenvalue weighted by Gasteiger charge is 2.06. The molecule has 0 aliphatic rings. The maximum Gasteiger partial charge on any atom is 0.232 e. The Bertz CT molecular complexity index is 963. The molecule has 138 valence electrons. The molecule has 0 aliphatic heterocycles. The Labute approximate surface area is 166 Å². The molecule has 3 rings (SSSR count). The monoisotopic (exact) mass is 402 g/mol. The van der Waals surface area contributed by atoms with Crippen molar-refractivity contribution in [3.63, 3.8) is 0 Å². The predicted molar refractivity (Wildman–Crippen MR) is 108 cm³/mol. The van der Waals surface area contributed by atoms with Crippen LogP contribution in [0.4, 0.5) is 17.6 Å². The van der Waals surface area contributed by atoms with Crippen LogP contribution in [0.2, 0.25) is 10.0 Å².